The third-order valence-corrected chi connectivity index (χ3v) is 3.57. The smallest absolute Gasteiger partial charge is 0.187 e. The third-order valence-electron chi connectivity index (χ3n) is 2.46. The zero-order chi connectivity index (χ0) is 13.0. The van der Waals surface area contributed by atoms with Gasteiger partial charge in [0.1, 0.15) is 0 Å². The van der Waals surface area contributed by atoms with E-state index in [0.717, 1.165) is 21.4 Å². The molecule has 2 heterocycles. The summed E-state index contributed by atoms with van der Waals surface area (Å²) in [6.45, 7) is 1.20. The fraction of sp³-hybridized carbons (Fsp3) is 0.250. The molecule has 2 aromatic rings. The molecule has 0 spiro atoms. The summed E-state index contributed by atoms with van der Waals surface area (Å²) < 4.78 is 2.96. The molecule has 0 fully saturated rings. The Kier molecular flexibility index (Phi) is 4.01. The lowest BCUT2D eigenvalue weighted by Crippen LogP contribution is -2.14. The Balaban J connectivity index is 2.56. The number of rotatable bonds is 4. The number of nitrogens with two attached hydrogens (primary N) is 1. The van der Waals surface area contributed by atoms with Gasteiger partial charge in [-0.05, 0) is 6.07 Å². The van der Waals surface area contributed by atoms with Crippen molar-refractivity contribution in [1.82, 2.24) is 9.55 Å². The zero-order valence-corrected chi connectivity index (χ0v) is 10.9. The number of allylic oxidation sites excluding steroid dienone is 1. The number of aromatic nitrogens is 2. The minimum absolute atomic E-state index is 0.518. The van der Waals surface area contributed by atoms with E-state index in [1.54, 1.807) is 13.2 Å². The summed E-state index contributed by atoms with van der Waals surface area (Å²) >= 11 is 1.52. The first-order valence-corrected chi connectivity index (χ1v) is 6.34. The van der Waals surface area contributed by atoms with Gasteiger partial charge in [0, 0.05) is 31.9 Å². The van der Waals surface area contributed by atoms with Crippen molar-refractivity contribution in [2.45, 2.75) is 6.54 Å². The van der Waals surface area contributed by atoms with Crippen LogP contribution in [-0.4, -0.2) is 29.4 Å². The first-order valence-electron chi connectivity index (χ1n) is 5.52. The van der Waals surface area contributed by atoms with E-state index in [9.17, 15) is 4.79 Å². The van der Waals surface area contributed by atoms with Crippen LogP contribution in [0.4, 0.5) is 0 Å². The van der Waals surface area contributed by atoms with Gasteiger partial charge in [-0.2, -0.15) is 0 Å². The number of thiazole rings is 1. The topological polar surface area (TPSA) is 73.3 Å². The molecule has 0 aromatic carbocycles. The molecule has 2 N–H and O–H groups in total. The van der Waals surface area contributed by atoms with Crippen LogP contribution >= 0.6 is 11.3 Å². The molecule has 6 heteroatoms. The Morgan fingerprint density at radius 2 is 2.39 bits per heavy atom. The molecule has 94 valence electrons. The monoisotopic (exact) mass is 262 g/mol. The fourth-order valence-electron chi connectivity index (χ4n) is 1.65. The Morgan fingerprint density at radius 1 is 1.56 bits per heavy atom. The largest absolute Gasteiger partial charge is 0.327 e. The number of fused-ring (bicyclic) bond motifs is 1. The quantitative estimate of drug-likeness (QED) is 0.658. The van der Waals surface area contributed by atoms with Crippen molar-refractivity contribution >= 4 is 28.0 Å². The van der Waals surface area contributed by atoms with Gasteiger partial charge in [0.25, 0.3) is 0 Å². The predicted octanol–water partition coefficient (Wildman–Crippen LogP) is 0.956. The van der Waals surface area contributed by atoms with E-state index in [0.29, 0.717) is 18.7 Å². The summed E-state index contributed by atoms with van der Waals surface area (Å²) in [7, 11) is 1.74. The second kappa shape index (κ2) is 5.70. The molecule has 0 aliphatic rings. The SMILES string of the molecule is CN=c1sc2cc(C=O)cnc2n1C/C=C/CN. The van der Waals surface area contributed by atoms with Crippen LogP contribution in [0, 0.1) is 0 Å². The highest BCUT2D eigenvalue weighted by Crippen LogP contribution is 2.15. The highest BCUT2D eigenvalue weighted by molar-refractivity contribution is 7.16. The summed E-state index contributed by atoms with van der Waals surface area (Å²) in [4.78, 5) is 20.2. The normalized spacial score (nSPS) is 12.7. The maximum atomic E-state index is 10.7. The van der Waals surface area contributed by atoms with E-state index in [-0.39, 0.29) is 0 Å². The first-order chi connectivity index (χ1) is 8.80. The van der Waals surface area contributed by atoms with Crippen LogP contribution in [0.1, 0.15) is 10.4 Å². The lowest BCUT2D eigenvalue weighted by Gasteiger charge is -1.99. The molecule has 0 radical (unpaired) electrons. The molecule has 0 amide bonds. The summed E-state index contributed by atoms with van der Waals surface area (Å²) in [6, 6.07) is 1.83. The molecule has 0 saturated heterocycles. The molecule has 0 atom stereocenters. The van der Waals surface area contributed by atoms with Crippen molar-refractivity contribution in [2.24, 2.45) is 10.7 Å². The van der Waals surface area contributed by atoms with Gasteiger partial charge in [-0.1, -0.05) is 23.5 Å². The number of pyridine rings is 1. The second-order valence-corrected chi connectivity index (χ2v) is 4.64. The summed E-state index contributed by atoms with van der Waals surface area (Å²) in [6.07, 6.45) is 6.25. The minimum Gasteiger partial charge on any atom is -0.327 e. The van der Waals surface area contributed by atoms with Gasteiger partial charge in [-0.3, -0.25) is 14.4 Å². The molecule has 0 bridgehead atoms. The van der Waals surface area contributed by atoms with Gasteiger partial charge in [0.15, 0.2) is 16.7 Å². The number of carbonyl (C=O) groups is 1. The summed E-state index contributed by atoms with van der Waals surface area (Å²) in [5.74, 6) is 0. The van der Waals surface area contributed by atoms with Crippen LogP contribution in [0.15, 0.2) is 29.4 Å². The lowest BCUT2D eigenvalue weighted by atomic mass is 10.3. The Bertz CT molecular complexity index is 654. The van der Waals surface area contributed by atoms with Crippen LogP contribution in [0.2, 0.25) is 0 Å². The molecule has 2 rings (SSSR count). The molecular weight excluding hydrogens is 248 g/mol. The Hall–Kier alpha value is -1.79. The van der Waals surface area contributed by atoms with Crippen LogP contribution in [-0.2, 0) is 6.54 Å². The van der Waals surface area contributed by atoms with Crippen molar-refractivity contribution in [3.63, 3.8) is 0 Å². The lowest BCUT2D eigenvalue weighted by molar-refractivity contribution is 0.112. The average Bonchev–Trinajstić information content (AvgIpc) is 2.76. The van der Waals surface area contributed by atoms with Gasteiger partial charge in [-0.15, -0.1) is 0 Å². The highest BCUT2D eigenvalue weighted by atomic mass is 32.1. The molecule has 0 unspecified atom stereocenters. The van der Waals surface area contributed by atoms with Crippen molar-refractivity contribution in [1.29, 1.82) is 0 Å². The van der Waals surface area contributed by atoms with Crippen LogP contribution < -0.4 is 10.5 Å². The number of carbonyl (C=O) groups excluding carboxylic acids is 1. The molecule has 0 saturated carbocycles. The second-order valence-electron chi connectivity index (χ2n) is 3.63. The molecule has 2 aromatic heterocycles. The van der Waals surface area contributed by atoms with E-state index in [4.69, 9.17) is 5.73 Å². The maximum Gasteiger partial charge on any atom is 0.187 e. The van der Waals surface area contributed by atoms with E-state index < -0.39 is 0 Å². The molecule has 0 aliphatic heterocycles. The highest BCUT2D eigenvalue weighted by Gasteiger charge is 2.06. The van der Waals surface area contributed by atoms with Gasteiger partial charge >= 0.3 is 0 Å². The van der Waals surface area contributed by atoms with Gasteiger partial charge in [-0.25, -0.2) is 4.98 Å². The minimum atomic E-state index is 0.518. The molecular formula is C12H14N4OS. The zero-order valence-electron chi connectivity index (χ0n) is 10.0. The van der Waals surface area contributed by atoms with E-state index in [2.05, 4.69) is 9.98 Å². The summed E-state index contributed by atoms with van der Waals surface area (Å²) in [5, 5.41) is 0. The predicted molar refractivity (Wildman–Crippen MR) is 72.7 cm³/mol. The van der Waals surface area contributed by atoms with Crippen molar-refractivity contribution in [3.05, 3.63) is 34.8 Å². The number of hydrogen-bond donors (Lipinski definition) is 1. The average molecular weight is 262 g/mol. The molecule has 5 nitrogen and oxygen atoms in total. The van der Waals surface area contributed by atoms with Crippen LogP contribution in [0.25, 0.3) is 10.3 Å². The van der Waals surface area contributed by atoms with Crippen LogP contribution in [0.5, 0.6) is 0 Å². The maximum absolute atomic E-state index is 10.7. The van der Waals surface area contributed by atoms with Crippen LogP contribution in [0.3, 0.4) is 0 Å². The van der Waals surface area contributed by atoms with E-state index >= 15 is 0 Å². The Morgan fingerprint density at radius 3 is 3.06 bits per heavy atom. The third kappa shape index (κ3) is 2.39. The van der Waals surface area contributed by atoms with Crippen molar-refractivity contribution in [3.8, 4) is 0 Å². The van der Waals surface area contributed by atoms with Crippen molar-refractivity contribution < 1.29 is 4.79 Å². The standard InChI is InChI=1S/C12H14N4OS/c1-14-12-16(5-3-2-4-13)11-10(18-12)6-9(8-17)7-15-11/h2-3,6-8H,4-5,13H2,1H3/b3-2+,14-12?. The van der Waals surface area contributed by atoms with E-state index in [1.165, 1.54) is 11.3 Å². The number of nitrogens with zero attached hydrogens (tertiary/aromatic N) is 3. The Labute approximate surface area is 108 Å². The van der Waals surface area contributed by atoms with Gasteiger partial charge in [0.2, 0.25) is 0 Å². The molecule has 0 aliphatic carbocycles. The fourth-order valence-corrected chi connectivity index (χ4v) is 2.65. The van der Waals surface area contributed by atoms with Crippen molar-refractivity contribution in [2.75, 3.05) is 13.6 Å². The number of hydrogen-bond acceptors (Lipinski definition) is 5. The summed E-state index contributed by atoms with van der Waals surface area (Å²) in [5.41, 5.74) is 6.84. The van der Waals surface area contributed by atoms with Gasteiger partial charge in [0.05, 0.1) is 4.70 Å². The van der Waals surface area contributed by atoms with E-state index in [1.807, 2.05) is 22.8 Å². The molecule has 18 heavy (non-hydrogen) atoms. The van der Waals surface area contributed by atoms with Gasteiger partial charge < -0.3 is 5.73 Å². The first kappa shape index (κ1) is 12.7. The number of aldehydes is 1.